The predicted molar refractivity (Wildman–Crippen MR) is 91.8 cm³/mol. The van der Waals surface area contributed by atoms with Gasteiger partial charge in [-0.3, -0.25) is 10.2 Å². The van der Waals surface area contributed by atoms with Crippen LogP contribution in [0.4, 0.5) is 5.69 Å². The standard InChI is InChI=1S/C15H17ClN4O4/c1-20-15(21)14(16)10(8-18-20)19-17-7-9-5-12(23-3)13(24-4)6-11(9)22-2/h5-8,19H,1-4H3/b17-7-. The number of rotatable bonds is 6. The van der Waals surface area contributed by atoms with Gasteiger partial charge in [0.05, 0.1) is 33.7 Å². The van der Waals surface area contributed by atoms with Gasteiger partial charge in [-0.25, -0.2) is 4.68 Å². The molecule has 0 bridgehead atoms. The Morgan fingerprint density at radius 3 is 2.42 bits per heavy atom. The molecule has 1 aromatic carbocycles. The molecule has 0 amide bonds. The average molecular weight is 353 g/mol. The highest BCUT2D eigenvalue weighted by molar-refractivity contribution is 6.32. The van der Waals surface area contributed by atoms with Gasteiger partial charge < -0.3 is 14.2 Å². The van der Waals surface area contributed by atoms with Crippen molar-refractivity contribution in [1.82, 2.24) is 9.78 Å². The van der Waals surface area contributed by atoms with E-state index in [2.05, 4.69) is 15.6 Å². The minimum Gasteiger partial charge on any atom is -0.496 e. The van der Waals surface area contributed by atoms with Gasteiger partial charge in [-0.1, -0.05) is 11.6 Å². The summed E-state index contributed by atoms with van der Waals surface area (Å²) in [4.78, 5) is 11.7. The summed E-state index contributed by atoms with van der Waals surface area (Å²) >= 11 is 5.96. The molecule has 0 atom stereocenters. The van der Waals surface area contributed by atoms with Crippen LogP contribution >= 0.6 is 11.6 Å². The summed E-state index contributed by atoms with van der Waals surface area (Å²) < 4.78 is 16.9. The SMILES string of the molecule is COc1cc(OC)c(OC)cc1/C=N\Nc1cnn(C)c(=O)c1Cl. The Morgan fingerprint density at radius 1 is 1.17 bits per heavy atom. The van der Waals surface area contributed by atoms with E-state index in [9.17, 15) is 4.79 Å². The van der Waals surface area contributed by atoms with Crippen LogP contribution in [-0.2, 0) is 7.05 Å². The number of hydrazone groups is 1. The normalized spacial score (nSPS) is 10.7. The van der Waals surface area contributed by atoms with Crippen molar-refractivity contribution in [2.45, 2.75) is 0 Å². The average Bonchev–Trinajstić information content (AvgIpc) is 2.61. The molecule has 1 aromatic heterocycles. The molecule has 8 nitrogen and oxygen atoms in total. The molecule has 2 aromatic rings. The first-order valence-corrected chi connectivity index (χ1v) is 7.20. The van der Waals surface area contributed by atoms with Crippen LogP contribution in [0, 0.1) is 0 Å². The maximum atomic E-state index is 11.7. The number of methoxy groups -OCH3 is 3. The molecule has 9 heteroatoms. The van der Waals surface area contributed by atoms with E-state index < -0.39 is 5.56 Å². The van der Waals surface area contributed by atoms with E-state index in [0.29, 0.717) is 28.5 Å². The van der Waals surface area contributed by atoms with Crippen molar-refractivity contribution in [2.24, 2.45) is 12.1 Å². The second-order valence-electron chi connectivity index (χ2n) is 4.62. The van der Waals surface area contributed by atoms with Gasteiger partial charge in [0.1, 0.15) is 16.5 Å². The molecule has 0 aliphatic rings. The van der Waals surface area contributed by atoms with E-state index in [0.717, 1.165) is 4.68 Å². The Hall–Kier alpha value is -2.74. The van der Waals surface area contributed by atoms with Gasteiger partial charge in [-0.05, 0) is 6.07 Å². The van der Waals surface area contributed by atoms with Crippen LogP contribution in [0.15, 0.2) is 28.2 Å². The van der Waals surface area contributed by atoms with Gasteiger partial charge in [-0.2, -0.15) is 10.2 Å². The summed E-state index contributed by atoms with van der Waals surface area (Å²) in [6, 6.07) is 3.40. The zero-order valence-corrected chi connectivity index (χ0v) is 14.4. The minimum atomic E-state index is -0.416. The summed E-state index contributed by atoms with van der Waals surface area (Å²) in [7, 11) is 6.12. The summed E-state index contributed by atoms with van der Waals surface area (Å²) in [5.74, 6) is 1.62. The third-order valence-electron chi connectivity index (χ3n) is 3.20. The molecule has 0 saturated carbocycles. The van der Waals surface area contributed by atoms with Gasteiger partial charge in [0.2, 0.25) is 0 Å². The molecule has 0 spiro atoms. The Kier molecular flexibility index (Phi) is 5.64. The highest BCUT2D eigenvalue weighted by atomic mass is 35.5. The molecule has 0 radical (unpaired) electrons. The van der Waals surface area contributed by atoms with Crippen molar-refractivity contribution in [1.29, 1.82) is 0 Å². The summed E-state index contributed by atoms with van der Waals surface area (Å²) in [6.45, 7) is 0. The minimum absolute atomic E-state index is 0.00364. The molecule has 0 saturated heterocycles. The van der Waals surface area contributed by atoms with E-state index in [-0.39, 0.29) is 5.02 Å². The molecule has 0 fully saturated rings. The predicted octanol–water partition coefficient (Wildman–Crippen LogP) is 1.91. The number of hydrogen-bond donors (Lipinski definition) is 1. The van der Waals surface area contributed by atoms with Gasteiger partial charge in [-0.15, -0.1) is 0 Å². The number of hydrogen-bond acceptors (Lipinski definition) is 7. The molecule has 0 aliphatic heterocycles. The van der Waals surface area contributed by atoms with Crippen LogP contribution in [0.1, 0.15) is 5.56 Å². The fourth-order valence-electron chi connectivity index (χ4n) is 1.91. The lowest BCUT2D eigenvalue weighted by molar-refractivity contribution is 0.349. The van der Waals surface area contributed by atoms with E-state index in [1.54, 1.807) is 12.1 Å². The van der Waals surface area contributed by atoms with E-state index in [1.807, 2.05) is 0 Å². The molecule has 1 N–H and O–H groups in total. The lowest BCUT2D eigenvalue weighted by Crippen LogP contribution is -2.20. The molecule has 24 heavy (non-hydrogen) atoms. The zero-order chi connectivity index (χ0) is 17.7. The number of benzene rings is 1. The molecule has 0 aliphatic carbocycles. The molecule has 128 valence electrons. The Morgan fingerprint density at radius 2 is 1.79 bits per heavy atom. The quantitative estimate of drug-likeness (QED) is 0.631. The number of ether oxygens (including phenoxy) is 3. The van der Waals surface area contributed by atoms with E-state index in [4.69, 9.17) is 25.8 Å². The second kappa shape index (κ2) is 7.69. The highest BCUT2D eigenvalue weighted by Crippen LogP contribution is 2.33. The monoisotopic (exact) mass is 352 g/mol. The van der Waals surface area contributed by atoms with E-state index in [1.165, 1.54) is 40.8 Å². The third-order valence-corrected chi connectivity index (χ3v) is 3.57. The number of anilines is 1. The Bertz CT molecular complexity index is 820. The van der Waals surface area contributed by atoms with Gasteiger partial charge in [0.25, 0.3) is 5.56 Å². The lowest BCUT2D eigenvalue weighted by atomic mass is 10.2. The van der Waals surface area contributed by atoms with Crippen molar-refractivity contribution in [3.63, 3.8) is 0 Å². The fraction of sp³-hybridized carbons (Fsp3) is 0.267. The largest absolute Gasteiger partial charge is 0.496 e. The van der Waals surface area contributed by atoms with Gasteiger partial charge in [0.15, 0.2) is 11.5 Å². The highest BCUT2D eigenvalue weighted by Gasteiger charge is 2.11. The first-order chi connectivity index (χ1) is 11.5. The van der Waals surface area contributed by atoms with Crippen molar-refractivity contribution in [2.75, 3.05) is 26.8 Å². The van der Waals surface area contributed by atoms with Crippen molar-refractivity contribution in [3.05, 3.63) is 39.3 Å². The number of halogens is 1. The topological polar surface area (TPSA) is 87.0 Å². The van der Waals surface area contributed by atoms with Gasteiger partial charge in [0, 0.05) is 18.7 Å². The molecule has 2 rings (SSSR count). The van der Waals surface area contributed by atoms with Crippen molar-refractivity contribution >= 4 is 23.5 Å². The van der Waals surface area contributed by atoms with Crippen LogP contribution in [0.5, 0.6) is 17.2 Å². The number of nitrogens with one attached hydrogen (secondary N) is 1. The van der Waals surface area contributed by atoms with Crippen LogP contribution in [0.3, 0.4) is 0 Å². The molecular weight excluding hydrogens is 336 g/mol. The fourth-order valence-corrected chi connectivity index (χ4v) is 2.13. The first-order valence-electron chi connectivity index (χ1n) is 6.82. The van der Waals surface area contributed by atoms with Gasteiger partial charge >= 0.3 is 0 Å². The lowest BCUT2D eigenvalue weighted by Gasteiger charge is -2.11. The smallest absolute Gasteiger partial charge is 0.287 e. The molecule has 0 unspecified atom stereocenters. The van der Waals surface area contributed by atoms with Crippen LogP contribution in [-0.4, -0.2) is 37.3 Å². The Balaban J connectivity index is 2.29. The summed E-state index contributed by atoms with van der Waals surface area (Å²) in [5, 5.41) is 7.93. The maximum absolute atomic E-state index is 11.7. The summed E-state index contributed by atoms with van der Waals surface area (Å²) in [5.41, 5.74) is 3.21. The second-order valence-corrected chi connectivity index (χ2v) is 5.00. The van der Waals surface area contributed by atoms with Crippen LogP contribution in [0.2, 0.25) is 5.02 Å². The van der Waals surface area contributed by atoms with Crippen molar-refractivity contribution in [3.8, 4) is 17.2 Å². The van der Waals surface area contributed by atoms with Crippen LogP contribution < -0.4 is 25.2 Å². The summed E-state index contributed by atoms with van der Waals surface area (Å²) in [6.07, 6.45) is 2.92. The molecule has 1 heterocycles. The number of aromatic nitrogens is 2. The van der Waals surface area contributed by atoms with Crippen molar-refractivity contribution < 1.29 is 14.2 Å². The maximum Gasteiger partial charge on any atom is 0.287 e. The third kappa shape index (κ3) is 3.60. The van der Waals surface area contributed by atoms with E-state index >= 15 is 0 Å². The zero-order valence-electron chi connectivity index (χ0n) is 13.7. The Labute approximate surface area is 143 Å². The molecular formula is C15H17ClN4O4. The number of aryl methyl sites for hydroxylation is 1. The first kappa shape index (κ1) is 17.6. The van der Waals surface area contributed by atoms with Crippen LogP contribution in [0.25, 0.3) is 0 Å². The number of nitrogens with zero attached hydrogens (tertiary/aromatic N) is 3.